The number of thiophene rings is 1. The average Bonchev–Trinajstić information content (AvgIpc) is 3.26. The minimum atomic E-state index is -3.57. The molecule has 1 saturated heterocycles. The lowest BCUT2D eigenvalue weighted by Crippen LogP contribution is -2.30. The first-order valence-corrected chi connectivity index (χ1v) is 9.81. The minimum Gasteiger partial charge on any atom is -0.478 e. The summed E-state index contributed by atoms with van der Waals surface area (Å²) in [6, 6.07) is 10.4. The van der Waals surface area contributed by atoms with Crippen LogP contribution < -0.4 is 0 Å². The Morgan fingerprint density at radius 3 is 2.84 bits per heavy atom. The molecule has 3 rings (SSSR count). The van der Waals surface area contributed by atoms with Crippen molar-refractivity contribution < 1.29 is 23.1 Å². The summed E-state index contributed by atoms with van der Waals surface area (Å²) in [6.45, 7) is 0.942. The maximum absolute atomic E-state index is 12.7. The molecule has 0 bridgehead atoms. The SMILES string of the molecule is CN(C[C@H]1CO1)S(=O)(=O)c1cccc(-c2ccc(/C=C/C(=O)O)s2)c1. The summed E-state index contributed by atoms with van der Waals surface area (Å²) in [5.74, 6) is -1.01. The van der Waals surface area contributed by atoms with E-state index in [9.17, 15) is 13.2 Å². The van der Waals surface area contributed by atoms with E-state index in [1.165, 1.54) is 21.7 Å². The van der Waals surface area contributed by atoms with Crippen LogP contribution in [0.15, 0.2) is 47.4 Å². The van der Waals surface area contributed by atoms with E-state index in [0.29, 0.717) is 13.2 Å². The molecule has 1 aliphatic rings. The van der Waals surface area contributed by atoms with Gasteiger partial charge in [-0.1, -0.05) is 12.1 Å². The molecule has 1 aromatic carbocycles. The van der Waals surface area contributed by atoms with Crippen molar-refractivity contribution in [2.24, 2.45) is 0 Å². The fourth-order valence-corrected chi connectivity index (χ4v) is 4.45. The van der Waals surface area contributed by atoms with Crippen LogP contribution in [0.2, 0.25) is 0 Å². The van der Waals surface area contributed by atoms with Crippen molar-refractivity contribution in [3.05, 3.63) is 47.4 Å². The van der Waals surface area contributed by atoms with E-state index >= 15 is 0 Å². The maximum Gasteiger partial charge on any atom is 0.328 e. The molecule has 1 aromatic heterocycles. The van der Waals surface area contributed by atoms with Gasteiger partial charge in [0.2, 0.25) is 10.0 Å². The monoisotopic (exact) mass is 379 g/mol. The predicted molar refractivity (Wildman–Crippen MR) is 96.0 cm³/mol. The topological polar surface area (TPSA) is 87.2 Å². The molecule has 8 heteroatoms. The summed E-state index contributed by atoms with van der Waals surface area (Å²) < 4.78 is 31.7. The van der Waals surface area contributed by atoms with Gasteiger partial charge in [0.1, 0.15) is 0 Å². The number of carbonyl (C=O) groups is 1. The second-order valence-corrected chi connectivity index (χ2v) is 8.80. The highest BCUT2D eigenvalue weighted by Gasteiger charge is 2.30. The van der Waals surface area contributed by atoms with Crippen molar-refractivity contribution in [3.63, 3.8) is 0 Å². The summed E-state index contributed by atoms with van der Waals surface area (Å²) in [6.07, 6.45) is 2.58. The number of aliphatic carboxylic acids is 1. The van der Waals surface area contributed by atoms with Gasteiger partial charge in [-0.05, 0) is 35.9 Å². The average molecular weight is 379 g/mol. The number of rotatable bonds is 7. The Bertz CT molecular complexity index is 913. The molecule has 1 N–H and O–H groups in total. The predicted octanol–water partition coefficient (Wildman–Crippen LogP) is 2.53. The van der Waals surface area contributed by atoms with Gasteiger partial charge in [-0.15, -0.1) is 11.3 Å². The molecular weight excluding hydrogens is 362 g/mol. The van der Waals surface area contributed by atoms with Gasteiger partial charge in [0.05, 0.1) is 17.6 Å². The van der Waals surface area contributed by atoms with Gasteiger partial charge in [0, 0.05) is 29.4 Å². The Labute approximate surface area is 150 Å². The zero-order chi connectivity index (χ0) is 18.0. The third kappa shape index (κ3) is 4.35. The molecular formula is C17H17NO5S2. The molecule has 2 heterocycles. The zero-order valence-corrected chi connectivity index (χ0v) is 15.1. The highest BCUT2D eigenvalue weighted by atomic mass is 32.2. The third-order valence-electron chi connectivity index (χ3n) is 3.71. The normalized spacial score (nSPS) is 17.3. The summed E-state index contributed by atoms with van der Waals surface area (Å²) in [5.41, 5.74) is 0.775. The second-order valence-electron chi connectivity index (χ2n) is 5.64. The Balaban J connectivity index is 1.85. The van der Waals surface area contributed by atoms with Crippen molar-refractivity contribution in [1.29, 1.82) is 0 Å². The quantitative estimate of drug-likeness (QED) is 0.590. The Morgan fingerprint density at radius 2 is 2.16 bits per heavy atom. The summed E-state index contributed by atoms with van der Waals surface area (Å²) in [7, 11) is -2.03. The van der Waals surface area contributed by atoms with Crippen molar-refractivity contribution in [1.82, 2.24) is 4.31 Å². The first-order valence-electron chi connectivity index (χ1n) is 7.55. The van der Waals surface area contributed by atoms with E-state index in [1.807, 2.05) is 12.1 Å². The van der Waals surface area contributed by atoms with Gasteiger partial charge < -0.3 is 9.84 Å². The minimum absolute atomic E-state index is 0.0103. The third-order valence-corrected chi connectivity index (χ3v) is 6.63. The van der Waals surface area contributed by atoms with E-state index in [1.54, 1.807) is 31.3 Å². The Kier molecular flexibility index (Phi) is 5.05. The Hall–Kier alpha value is -2.00. The summed E-state index contributed by atoms with van der Waals surface area (Å²) in [5, 5.41) is 8.68. The first kappa shape index (κ1) is 17.8. The van der Waals surface area contributed by atoms with E-state index in [4.69, 9.17) is 9.84 Å². The van der Waals surface area contributed by atoms with Crippen molar-refractivity contribution in [3.8, 4) is 10.4 Å². The molecule has 0 radical (unpaired) electrons. The molecule has 0 unspecified atom stereocenters. The maximum atomic E-state index is 12.7. The molecule has 1 atom stereocenters. The van der Waals surface area contributed by atoms with Gasteiger partial charge >= 0.3 is 5.97 Å². The van der Waals surface area contributed by atoms with Gasteiger partial charge in [0.15, 0.2) is 0 Å². The molecule has 6 nitrogen and oxygen atoms in total. The fraction of sp³-hybridized carbons (Fsp3) is 0.235. The molecule has 1 fully saturated rings. The smallest absolute Gasteiger partial charge is 0.328 e. The molecule has 0 saturated carbocycles. The van der Waals surface area contributed by atoms with E-state index in [-0.39, 0.29) is 11.0 Å². The standard InChI is InChI=1S/C17H17NO5S2/c1-18(10-13-11-23-13)25(21,22)15-4-2-3-12(9-15)16-7-5-14(24-16)6-8-17(19)20/h2-9,13H,10-11H2,1H3,(H,19,20)/b8-6+/t13-/m0/s1. The van der Waals surface area contributed by atoms with Gasteiger partial charge in [-0.2, -0.15) is 4.31 Å². The highest BCUT2D eigenvalue weighted by molar-refractivity contribution is 7.89. The van der Waals surface area contributed by atoms with Crippen molar-refractivity contribution >= 4 is 33.4 Å². The highest BCUT2D eigenvalue weighted by Crippen LogP contribution is 2.31. The summed E-state index contributed by atoms with van der Waals surface area (Å²) in [4.78, 5) is 12.5. The van der Waals surface area contributed by atoms with Crippen LogP contribution in [0.5, 0.6) is 0 Å². The van der Waals surface area contributed by atoms with E-state index in [0.717, 1.165) is 21.4 Å². The van der Waals surface area contributed by atoms with E-state index < -0.39 is 16.0 Å². The number of sulfonamides is 1. The van der Waals surface area contributed by atoms with Crippen LogP contribution in [0.4, 0.5) is 0 Å². The number of ether oxygens (including phenoxy) is 1. The number of carboxylic acid groups (broad SMARTS) is 1. The van der Waals surface area contributed by atoms with Crippen LogP contribution in [0.1, 0.15) is 4.88 Å². The number of epoxide rings is 1. The fourth-order valence-electron chi connectivity index (χ4n) is 2.30. The molecule has 0 aliphatic carbocycles. The van der Waals surface area contributed by atoms with Crippen LogP contribution >= 0.6 is 11.3 Å². The number of hydrogen-bond acceptors (Lipinski definition) is 5. The van der Waals surface area contributed by atoms with E-state index in [2.05, 4.69) is 0 Å². The van der Waals surface area contributed by atoms with Crippen LogP contribution in [-0.2, 0) is 19.6 Å². The number of likely N-dealkylation sites (N-methyl/N-ethyl adjacent to an activating group) is 1. The number of nitrogens with zero attached hydrogens (tertiary/aromatic N) is 1. The van der Waals surface area contributed by atoms with Crippen LogP contribution in [0.3, 0.4) is 0 Å². The lowest BCUT2D eigenvalue weighted by Gasteiger charge is -2.16. The number of carboxylic acids is 1. The zero-order valence-electron chi connectivity index (χ0n) is 13.5. The van der Waals surface area contributed by atoms with Gasteiger partial charge in [0.25, 0.3) is 0 Å². The van der Waals surface area contributed by atoms with Crippen molar-refractivity contribution in [2.45, 2.75) is 11.0 Å². The molecule has 0 amide bonds. The van der Waals surface area contributed by atoms with Crippen LogP contribution in [-0.4, -0.2) is 50.1 Å². The molecule has 132 valence electrons. The molecule has 0 spiro atoms. The second kappa shape index (κ2) is 7.09. The summed E-state index contributed by atoms with van der Waals surface area (Å²) >= 11 is 1.40. The lowest BCUT2D eigenvalue weighted by molar-refractivity contribution is -0.131. The molecule has 2 aromatic rings. The number of hydrogen-bond donors (Lipinski definition) is 1. The lowest BCUT2D eigenvalue weighted by atomic mass is 10.2. The largest absolute Gasteiger partial charge is 0.478 e. The van der Waals surface area contributed by atoms with Crippen LogP contribution in [0.25, 0.3) is 16.5 Å². The first-order chi connectivity index (χ1) is 11.9. The van der Waals surface area contributed by atoms with Gasteiger partial charge in [-0.25, -0.2) is 13.2 Å². The van der Waals surface area contributed by atoms with Gasteiger partial charge in [-0.3, -0.25) is 0 Å². The van der Waals surface area contributed by atoms with Crippen LogP contribution in [0, 0.1) is 0 Å². The van der Waals surface area contributed by atoms with Crippen molar-refractivity contribution in [2.75, 3.05) is 20.2 Å². The Morgan fingerprint density at radius 1 is 1.40 bits per heavy atom. The molecule has 25 heavy (non-hydrogen) atoms. The number of benzene rings is 1. The molecule has 1 aliphatic heterocycles.